The lowest BCUT2D eigenvalue weighted by Gasteiger charge is -2.13. The first-order valence-electron chi connectivity index (χ1n) is 6.60. The number of aliphatic hydroxyl groups excluding tert-OH is 1. The van der Waals surface area contributed by atoms with Crippen molar-refractivity contribution >= 4 is 17.3 Å². The summed E-state index contributed by atoms with van der Waals surface area (Å²) >= 11 is 1.39. The molecule has 0 aliphatic rings. The van der Waals surface area contributed by atoms with Crippen LogP contribution >= 0.6 is 11.3 Å². The number of aliphatic hydroxyl groups is 1. The average Bonchev–Trinajstić information content (AvgIpc) is 2.83. The molecule has 2 N–H and O–H groups in total. The number of aromatic nitrogens is 1. The molecule has 0 saturated carbocycles. The summed E-state index contributed by atoms with van der Waals surface area (Å²) in [4.78, 5) is 18.2. The van der Waals surface area contributed by atoms with E-state index >= 15 is 0 Å². The van der Waals surface area contributed by atoms with Crippen LogP contribution in [0, 0.1) is 6.92 Å². The number of hydrogen-bond donors (Lipinski definition) is 2. The number of rotatable bonds is 6. The van der Waals surface area contributed by atoms with Gasteiger partial charge in [-0.25, -0.2) is 9.78 Å². The van der Waals surface area contributed by atoms with Gasteiger partial charge in [-0.1, -0.05) is 23.8 Å². The van der Waals surface area contributed by atoms with Gasteiger partial charge in [-0.2, -0.15) is 0 Å². The Bertz CT molecular complexity index is 640. The fourth-order valence-corrected chi connectivity index (χ4v) is 3.15. The highest BCUT2D eigenvalue weighted by Crippen LogP contribution is 2.29. The summed E-state index contributed by atoms with van der Waals surface area (Å²) in [6, 6.07) is 7.85. The Morgan fingerprint density at radius 1 is 1.43 bits per heavy atom. The minimum absolute atomic E-state index is 0.0441. The van der Waals surface area contributed by atoms with Crippen LogP contribution in [0.5, 0.6) is 0 Å². The van der Waals surface area contributed by atoms with Crippen molar-refractivity contribution in [1.82, 2.24) is 9.88 Å². The first-order chi connectivity index (χ1) is 10.0. The first kappa shape index (κ1) is 15.6. The predicted octanol–water partition coefficient (Wildman–Crippen LogP) is 2.24. The smallest absolute Gasteiger partial charge is 0.355 e. The van der Waals surface area contributed by atoms with Gasteiger partial charge in [0.2, 0.25) is 0 Å². The highest BCUT2D eigenvalue weighted by molar-refractivity contribution is 7.15. The van der Waals surface area contributed by atoms with Crippen molar-refractivity contribution in [1.29, 1.82) is 0 Å². The lowest BCUT2D eigenvalue weighted by Crippen LogP contribution is -2.22. The number of nitrogens with zero attached hydrogens (tertiary/aromatic N) is 2. The summed E-state index contributed by atoms with van der Waals surface area (Å²) in [6.07, 6.45) is 0. The Hall–Kier alpha value is -1.76. The maximum atomic E-state index is 11.3. The van der Waals surface area contributed by atoms with Crippen LogP contribution in [0.2, 0.25) is 0 Å². The summed E-state index contributed by atoms with van der Waals surface area (Å²) in [5, 5.41) is 18.9. The van der Waals surface area contributed by atoms with E-state index in [1.807, 2.05) is 43.1 Å². The zero-order valence-electron chi connectivity index (χ0n) is 12.0. The molecule has 0 atom stereocenters. The van der Waals surface area contributed by atoms with Gasteiger partial charge < -0.3 is 10.2 Å². The van der Waals surface area contributed by atoms with Gasteiger partial charge in [0, 0.05) is 18.7 Å². The maximum absolute atomic E-state index is 11.3. The van der Waals surface area contributed by atoms with Crippen LogP contribution in [0.15, 0.2) is 24.3 Å². The fraction of sp³-hybridized carbons (Fsp3) is 0.333. The number of carboxylic acid groups (broad SMARTS) is 1. The van der Waals surface area contributed by atoms with Gasteiger partial charge >= 0.3 is 5.97 Å². The molecule has 0 fully saturated rings. The number of carbonyl (C=O) groups is 1. The maximum Gasteiger partial charge on any atom is 0.355 e. The molecule has 2 aromatic rings. The number of aromatic carboxylic acids is 1. The number of likely N-dealkylation sites (N-methyl/N-ethyl adjacent to an activating group) is 1. The molecule has 0 spiro atoms. The quantitative estimate of drug-likeness (QED) is 0.856. The van der Waals surface area contributed by atoms with Crippen LogP contribution in [0.25, 0.3) is 10.6 Å². The summed E-state index contributed by atoms with van der Waals surface area (Å²) in [6.45, 7) is 3.00. The topological polar surface area (TPSA) is 73.7 Å². The molecule has 0 bridgehead atoms. The van der Waals surface area contributed by atoms with E-state index in [-0.39, 0.29) is 12.3 Å². The monoisotopic (exact) mass is 306 g/mol. The van der Waals surface area contributed by atoms with Crippen molar-refractivity contribution < 1.29 is 15.0 Å². The zero-order valence-corrected chi connectivity index (χ0v) is 12.9. The lowest BCUT2D eigenvalue weighted by molar-refractivity contribution is 0.0689. The minimum atomic E-state index is -1.02. The molecule has 5 nitrogen and oxygen atoms in total. The molecule has 1 aromatic heterocycles. The van der Waals surface area contributed by atoms with Crippen molar-refractivity contribution in [3.05, 3.63) is 40.4 Å². The van der Waals surface area contributed by atoms with Crippen molar-refractivity contribution in [2.75, 3.05) is 20.2 Å². The third kappa shape index (κ3) is 3.87. The second-order valence-electron chi connectivity index (χ2n) is 4.93. The molecular weight excluding hydrogens is 288 g/mol. The normalized spacial score (nSPS) is 11.0. The summed E-state index contributed by atoms with van der Waals surface area (Å²) in [5.74, 6) is -1.02. The molecule has 0 unspecified atom stereocenters. The Kier molecular flexibility index (Phi) is 5.06. The number of hydrogen-bond acceptors (Lipinski definition) is 5. The largest absolute Gasteiger partial charge is 0.476 e. The Morgan fingerprint density at radius 3 is 2.81 bits per heavy atom. The van der Waals surface area contributed by atoms with Gasteiger partial charge in [-0.05, 0) is 20.0 Å². The molecule has 21 heavy (non-hydrogen) atoms. The van der Waals surface area contributed by atoms with E-state index in [2.05, 4.69) is 4.98 Å². The molecule has 6 heteroatoms. The molecule has 0 saturated heterocycles. The zero-order chi connectivity index (χ0) is 15.4. The van der Waals surface area contributed by atoms with Gasteiger partial charge in [0.1, 0.15) is 5.01 Å². The predicted molar refractivity (Wildman–Crippen MR) is 82.7 cm³/mol. The van der Waals surface area contributed by atoms with Crippen LogP contribution in [0.1, 0.15) is 20.9 Å². The highest BCUT2D eigenvalue weighted by Gasteiger charge is 2.19. The third-order valence-electron chi connectivity index (χ3n) is 3.06. The standard InChI is InChI=1S/C15H18N2O3S/c1-10-4-3-5-11(8-10)14-16-13(15(19)20)12(21-14)9-17(2)6-7-18/h3-5,8,18H,6-7,9H2,1-2H3,(H,19,20). The molecule has 0 aliphatic carbocycles. The van der Waals surface area contributed by atoms with E-state index in [0.717, 1.165) is 11.1 Å². The van der Waals surface area contributed by atoms with Crippen molar-refractivity contribution in [3.8, 4) is 10.6 Å². The van der Waals surface area contributed by atoms with E-state index in [4.69, 9.17) is 5.11 Å². The molecule has 0 aliphatic heterocycles. The van der Waals surface area contributed by atoms with Crippen LogP contribution < -0.4 is 0 Å². The van der Waals surface area contributed by atoms with E-state index in [1.165, 1.54) is 11.3 Å². The number of aryl methyl sites for hydroxylation is 1. The fourth-order valence-electron chi connectivity index (χ4n) is 2.02. The van der Waals surface area contributed by atoms with Gasteiger partial charge in [-0.3, -0.25) is 4.90 Å². The molecule has 1 aromatic carbocycles. The van der Waals surface area contributed by atoms with Crippen LogP contribution in [0.4, 0.5) is 0 Å². The lowest BCUT2D eigenvalue weighted by atomic mass is 10.1. The molecule has 2 rings (SSSR count). The first-order valence-corrected chi connectivity index (χ1v) is 7.42. The van der Waals surface area contributed by atoms with Crippen LogP contribution in [-0.4, -0.2) is 46.3 Å². The second kappa shape index (κ2) is 6.80. The van der Waals surface area contributed by atoms with E-state index in [1.54, 1.807) is 0 Å². The highest BCUT2D eigenvalue weighted by atomic mass is 32.1. The SMILES string of the molecule is Cc1cccc(-c2nc(C(=O)O)c(CN(C)CCO)s2)c1. The molecule has 0 radical (unpaired) electrons. The van der Waals surface area contributed by atoms with Crippen molar-refractivity contribution in [2.45, 2.75) is 13.5 Å². The second-order valence-corrected chi connectivity index (χ2v) is 6.01. The van der Waals surface area contributed by atoms with E-state index in [9.17, 15) is 9.90 Å². The molecular formula is C15H18N2O3S. The molecule has 112 valence electrons. The van der Waals surface area contributed by atoms with Gasteiger partial charge in [-0.15, -0.1) is 11.3 Å². The van der Waals surface area contributed by atoms with Gasteiger partial charge in [0.25, 0.3) is 0 Å². The minimum Gasteiger partial charge on any atom is -0.476 e. The number of thiazole rings is 1. The number of benzene rings is 1. The van der Waals surface area contributed by atoms with Crippen molar-refractivity contribution in [3.63, 3.8) is 0 Å². The summed E-state index contributed by atoms with van der Waals surface area (Å²) < 4.78 is 0. The van der Waals surface area contributed by atoms with Crippen LogP contribution in [-0.2, 0) is 6.54 Å². The van der Waals surface area contributed by atoms with Gasteiger partial charge in [0.05, 0.1) is 11.5 Å². The number of carboxylic acids is 1. The summed E-state index contributed by atoms with van der Waals surface area (Å²) in [7, 11) is 1.84. The third-order valence-corrected chi connectivity index (χ3v) is 4.15. The molecule has 0 amide bonds. The Labute approximate surface area is 127 Å². The summed E-state index contributed by atoms with van der Waals surface area (Å²) in [5.41, 5.74) is 2.14. The Morgan fingerprint density at radius 2 is 2.19 bits per heavy atom. The van der Waals surface area contributed by atoms with E-state index < -0.39 is 5.97 Å². The Balaban J connectivity index is 2.35. The molecule has 1 heterocycles. The average molecular weight is 306 g/mol. The van der Waals surface area contributed by atoms with Gasteiger partial charge in [0.15, 0.2) is 5.69 Å². The van der Waals surface area contributed by atoms with Crippen molar-refractivity contribution in [2.24, 2.45) is 0 Å². The van der Waals surface area contributed by atoms with Crippen LogP contribution in [0.3, 0.4) is 0 Å². The van der Waals surface area contributed by atoms with E-state index in [0.29, 0.717) is 23.0 Å².